The maximum absolute atomic E-state index is 13.9. The van der Waals surface area contributed by atoms with Crippen molar-refractivity contribution in [2.24, 2.45) is 0 Å². The van der Waals surface area contributed by atoms with E-state index >= 15 is 0 Å². The largest absolute Gasteiger partial charge is 0.330 e. The molecule has 0 spiro atoms. The summed E-state index contributed by atoms with van der Waals surface area (Å²) < 4.78 is 28.3. The van der Waals surface area contributed by atoms with Gasteiger partial charge in [-0.05, 0) is 37.0 Å². The first kappa shape index (κ1) is 22.5. The van der Waals surface area contributed by atoms with E-state index in [2.05, 4.69) is 26.8 Å². The molecule has 176 valence electrons. The van der Waals surface area contributed by atoms with E-state index in [1.165, 1.54) is 5.56 Å². The number of hydrogen-bond donors (Lipinski definition) is 1. The van der Waals surface area contributed by atoms with Gasteiger partial charge < -0.3 is 9.47 Å². The molecule has 1 fully saturated rings. The lowest BCUT2D eigenvalue weighted by Crippen LogP contribution is -2.31. The number of carbonyl (C=O) groups excluding carboxylic acids is 1. The van der Waals surface area contributed by atoms with Crippen molar-refractivity contribution in [2.75, 3.05) is 17.5 Å². The minimum atomic E-state index is -3.51. The van der Waals surface area contributed by atoms with Gasteiger partial charge in [-0.2, -0.15) is 0 Å². The summed E-state index contributed by atoms with van der Waals surface area (Å²) in [6, 6.07) is 13.4. The zero-order valence-electron chi connectivity index (χ0n) is 18.7. The third-order valence-electron chi connectivity index (χ3n) is 5.98. The number of benzene rings is 2. The summed E-state index contributed by atoms with van der Waals surface area (Å²) in [5.74, 6) is -0.138. The zero-order chi connectivity index (χ0) is 23.7. The fourth-order valence-electron chi connectivity index (χ4n) is 4.53. The van der Waals surface area contributed by atoms with Gasteiger partial charge in [-0.1, -0.05) is 30.3 Å². The van der Waals surface area contributed by atoms with Crippen molar-refractivity contribution >= 4 is 44.0 Å². The molecule has 1 N–H and O–H groups in total. The quantitative estimate of drug-likeness (QED) is 0.417. The van der Waals surface area contributed by atoms with E-state index in [0.717, 1.165) is 30.5 Å². The van der Waals surface area contributed by atoms with E-state index in [4.69, 9.17) is 0 Å². The van der Waals surface area contributed by atoms with Gasteiger partial charge in [-0.15, -0.1) is 11.3 Å². The Hall–Kier alpha value is -3.24. The third-order valence-corrected chi connectivity index (χ3v) is 7.46. The highest BCUT2D eigenvalue weighted by molar-refractivity contribution is 7.92. The molecule has 8 nitrogen and oxygen atoms in total. The standard InChI is InChI=1S/C24H25N5O3S2/c1-34(31,32)27-18-14-19(24(30)29-11-5-8-21(29)23-25-10-13-33-23)22-20(15-18)26-16-28(22)12-9-17-6-3-2-4-7-17/h2-4,6-7,10,13-16,21,27H,5,8-9,11-12H2,1H3. The number of aromatic nitrogens is 3. The molecule has 10 heteroatoms. The second kappa shape index (κ2) is 9.19. The molecular formula is C24H25N5O3S2. The fourth-order valence-corrected chi connectivity index (χ4v) is 5.86. The third kappa shape index (κ3) is 4.69. The lowest BCUT2D eigenvalue weighted by molar-refractivity contribution is 0.0737. The molecule has 1 atom stereocenters. The predicted molar refractivity (Wildman–Crippen MR) is 133 cm³/mol. The zero-order valence-corrected chi connectivity index (χ0v) is 20.3. The van der Waals surface area contributed by atoms with E-state index in [9.17, 15) is 13.2 Å². The van der Waals surface area contributed by atoms with E-state index in [1.54, 1.807) is 36.0 Å². The summed E-state index contributed by atoms with van der Waals surface area (Å²) in [7, 11) is -3.51. The van der Waals surface area contributed by atoms with Crippen LogP contribution in [0.25, 0.3) is 11.0 Å². The van der Waals surface area contributed by atoms with Crippen LogP contribution in [0.1, 0.15) is 39.8 Å². The number of rotatable bonds is 7. The van der Waals surface area contributed by atoms with Crippen molar-refractivity contribution in [3.63, 3.8) is 0 Å². The molecule has 1 saturated heterocycles. The molecule has 1 aliphatic heterocycles. The maximum Gasteiger partial charge on any atom is 0.256 e. The van der Waals surface area contributed by atoms with Gasteiger partial charge in [0.1, 0.15) is 5.01 Å². The molecule has 1 amide bonds. The molecule has 34 heavy (non-hydrogen) atoms. The summed E-state index contributed by atoms with van der Waals surface area (Å²) in [5.41, 5.74) is 3.25. The van der Waals surface area contributed by atoms with Gasteiger partial charge in [0.2, 0.25) is 10.0 Å². The van der Waals surface area contributed by atoms with Gasteiger partial charge in [0.15, 0.2) is 0 Å². The van der Waals surface area contributed by atoms with Gasteiger partial charge >= 0.3 is 0 Å². The van der Waals surface area contributed by atoms with E-state index in [1.807, 2.05) is 33.0 Å². The average molecular weight is 496 g/mol. The summed E-state index contributed by atoms with van der Waals surface area (Å²) in [4.78, 5) is 24.7. The molecule has 3 heterocycles. The van der Waals surface area contributed by atoms with Crippen LogP contribution in [0.2, 0.25) is 0 Å². The van der Waals surface area contributed by atoms with Crippen LogP contribution < -0.4 is 4.72 Å². The number of thiazole rings is 1. The Morgan fingerprint density at radius 3 is 2.76 bits per heavy atom. The molecular weight excluding hydrogens is 470 g/mol. The number of sulfonamides is 1. The second-order valence-corrected chi connectivity index (χ2v) is 11.1. The minimum absolute atomic E-state index is 0.0743. The van der Waals surface area contributed by atoms with Crippen molar-refractivity contribution < 1.29 is 13.2 Å². The number of amides is 1. The van der Waals surface area contributed by atoms with Crippen LogP contribution in [-0.2, 0) is 23.0 Å². The van der Waals surface area contributed by atoms with Gasteiger partial charge in [0, 0.05) is 24.7 Å². The van der Waals surface area contributed by atoms with Gasteiger partial charge in [0.05, 0.1) is 40.9 Å². The Bertz CT molecular complexity index is 1420. The van der Waals surface area contributed by atoms with E-state index in [-0.39, 0.29) is 11.9 Å². The number of imidazole rings is 1. The number of hydrogen-bond acceptors (Lipinski definition) is 6. The molecule has 0 saturated carbocycles. The first-order chi connectivity index (χ1) is 16.4. The topological polar surface area (TPSA) is 97.2 Å². The maximum atomic E-state index is 13.9. The van der Waals surface area contributed by atoms with Crippen LogP contribution in [0, 0.1) is 0 Å². The first-order valence-electron chi connectivity index (χ1n) is 11.1. The van der Waals surface area contributed by atoms with E-state index in [0.29, 0.717) is 35.4 Å². The molecule has 2 aromatic heterocycles. The Morgan fingerprint density at radius 2 is 2.03 bits per heavy atom. The number of aryl methyl sites for hydroxylation is 2. The number of nitrogens with zero attached hydrogens (tertiary/aromatic N) is 4. The van der Waals surface area contributed by atoms with Crippen LogP contribution in [0.15, 0.2) is 60.4 Å². The van der Waals surface area contributed by atoms with Gasteiger partial charge in [0.25, 0.3) is 5.91 Å². The van der Waals surface area contributed by atoms with Gasteiger partial charge in [-0.3, -0.25) is 9.52 Å². The lowest BCUT2D eigenvalue weighted by atomic mass is 10.1. The molecule has 1 unspecified atom stereocenters. The van der Waals surface area contributed by atoms with Gasteiger partial charge in [-0.25, -0.2) is 18.4 Å². The Balaban J connectivity index is 1.55. The van der Waals surface area contributed by atoms with Crippen molar-refractivity contribution in [3.8, 4) is 0 Å². The summed E-state index contributed by atoms with van der Waals surface area (Å²) >= 11 is 1.55. The van der Waals surface area contributed by atoms with Crippen molar-refractivity contribution in [3.05, 3.63) is 76.5 Å². The molecule has 0 radical (unpaired) electrons. The number of nitrogens with one attached hydrogen (secondary N) is 1. The highest BCUT2D eigenvalue weighted by atomic mass is 32.2. The molecule has 0 bridgehead atoms. The van der Waals surface area contributed by atoms with Crippen molar-refractivity contribution in [1.29, 1.82) is 0 Å². The Labute approximate surface area is 202 Å². The average Bonchev–Trinajstić information content (AvgIpc) is 3.56. The SMILES string of the molecule is CS(=O)(=O)Nc1cc(C(=O)N2CCCC2c2nccs2)c2c(c1)ncn2CCc1ccccc1. The number of fused-ring (bicyclic) bond motifs is 1. The van der Waals surface area contributed by atoms with Crippen molar-refractivity contribution in [1.82, 2.24) is 19.4 Å². The molecule has 2 aromatic carbocycles. The smallest absolute Gasteiger partial charge is 0.256 e. The molecule has 1 aliphatic rings. The number of likely N-dealkylation sites (tertiary alicyclic amines) is 1. The van der Waals surface area contributed by atoms with Crippen LogP contribution in [0.4, 0.5) is 5.69 Å². The fraction of sp³-hybridized carbons (Fsp3) is 0.292. The van der Waals surface area contributed by atoms with Crippen LogP contribution in [0.5, 0.6) is 0 Å². The minimum Gasteiger partial charge on any atom is -0.330 e. The molecule has 0 aliphatic carbocycles. The summed E-state index contributed by atoms with van der Waals surface area (Å²) in [5, 5.41) is 2.84. The van der Waals surface area contributed by atoms with Crippen molar-refractivity contribution in [2.45, 2.75) is 31.8 Å². The summed E-state index contributed by atoms with van der Waals surface area (Å²) in [6.07, 6.45) is 7.11. The molecule has 5 rings (SSSR count). The predicted octanol–water partition coefficient (Wildman–Crippen LogP) is 4.08. The van der Waals surface area contributed by atoms with E-state index < -0.39 is 10.0 Å². The first-order valence-corrected chi connectivity index (χ1v) is 13.9. The highest BCUT2D eigenvalue weighted by Crippen LogP contribution is 2.36. The normalized spacial score (nSPS) is 16.3. The Kier molecular flexibility index (Phi) is 6.09. The number of carbonyl (C=O) groups is 1. The van der Waals surface area contributed by atoms with Crippen LogP contribution >= 0.6 is 11.3 Å². The summed E-state index contributed by atoms with van der Waals surface area (Å²) in [6.45, 7) is 1.28. The lowest BCUT2D eigenvalue weighted by Gasteiger charge is -2.24. The molecule has 4 aromatic rings. The Morgan fingerprint density at radius 1 is 1.21 bits per heavy atom. The number of anilines is 1. The monoisotopic (exact) mass is 495 g/mol. The second-order valence-electron chi connectivity index (χ2n) is 8.47. The van der Waals surface area contributed by atoms with Crippen LogP contribution in [0.3, 0.4) is 0 Å². The highest BCUT2D eigenvalue weighted by Gasteiger charge is 2.33. The van der Waals surface area contributed by atoms with Crippen LogP contribution in [-0.4, -0.2) is 46.6 Å².